The normalized spacial score (nSPS) is 18.4. The number of likely N-dealkylation sites (tertiary alicyclic amines) is 1. The first-order chi connectivity index (χ1) is 9.04. The zero-order valence-electron chi connectivity index (χ0n) is 10.6. The number of anilines is 1. The number of nitrogens with two attached hydrogens (primary N) is 1. The number of amides is 1. The third-order valence-electron chi connectivity index (χ3n) is 3.29. The summed E-state index contributed by atoms with van der Waals surface area (Å²) in [5.41, 5.74) is 6.39. The van der Waals surface area contributed by atoms with Crippen LogP contribution in [0.1, 0.15) is 23.2 Å². The van der Waals surface area contributed by atoms with Crippen LogP contribution >= 0.6 is 0 Å². The lowest BCUT2D eigenvalue weighted by atomic mass is 10.1. The first-order valence-corrected chi connectivity index (χ1v) is 6.02. The van der Waals surface area contributed by atoms with E-state index in [0.717, 1.165) is 0 Å². The molecule has 102 valence electrons. The van der Waals surface area contributed by atoms with Crippen LogP contribution in [0.15, 0.2) is 18.2 Å². The molecule has 0 spiro atoms. The maximum Gasteiger partial charge on any atom is 0.326 e. The molecule has 0 bridgehead atoms. The molecule has 0 aromatic heterocycles. The molecule has 3 N–H and O–H groups in total. The van der Waals surface area contributed by atoms with Gasteiger partial charge in [0, 0.05) is 12.2 Å². The monoisotopic (exact) mass is 264 g/mol. The number of benzene rings is 1. The van der Waals surface area contributed by atoms with Gasteiger partial charge in [-0.15, -0.1) is 0 Å². The molecular weight excluding hydrogens is 248 g/mol. The van der Waals surface area contributed by atoms with E-state index in [0.29, 0.717) is 30.8 Å². The van der Waals surface area contributed by atoms with Crippen LogP contribution in [0.5, 0.6) is 5.75 Å². The molecule has 1 saturated heterocycles. The van der Waals surface area contributed by atoms with Crippen LogP contribution in [-0.2, 0) is 4.79 Å². The van der Waals surface area contributed by atoms with Crippen LogP contribution in [0, 0.1) is 0 Å². The molecule has 19 heavy (non-hydrogen) atoms. The van der Waals surface area contributed by atoms with Gasteiger partial charge in [0.05, 0.1) is 12.7 Å². The van der Waals surface area contributed by atoms with Gasteiger partial charge in [0.2, 0.25) is 0 Å². The number of nitrogen functional groups attached to an aromatic ring is 1. The minimum absolute atomic E-state index is 0.285. The SMILES string of the molecule is COc1ccc(N)c(C(=O)N2CCC[C@@H]2C(=O)O)c1. The molecule has 0 aliphatic carbocycles. The second-order valence-corrected chi connectivity index (χ2v) is 4.45. The number of carboxylic acid groups (broad SMARTS) is 1. The number of carbonyl (C=O) groups excluding carboxylic acids is 1. The van der Waals surface area contributed by atoms with Crippen molar-refractivity contribution in [3.05, 3.63) is 23.8 Å². The number of nitrogens with zero attached hydrogens (tertiary/aromatic N) is 1. The van der Waals surface area contributed by atoms with E-state index in [1.807, 2.05) is 0 Å². The number of carbonyl (C=O) groups is 2. The summed E-state index contributed by atoms with van der Waals surface area (Å²) in [6.45, 7) is 0.437. The lowest BCUT2D eigenvalue weighted by Gasteiger charge is -2.22. The molecule has 2 rings (SSSR count). The Labute approximate surface area is 110 Å². The van der Waals surface area contributed by atoms with Gasteiger partial charge in [0.15, 0.2) is 0 Å². The van der Waals surface area contributed by atoms with Crippen LogP contribution in [0.4, 0.5) is 5.69 Å². The minimum Gasteiger partial charge on any atom is -0.497 e. The van der Waals surface area contributed by atoms with Gasteiger partial charge in [0.25, 0.3) is 5.91 Å². The Hall–Kier alpha value is -2.24. The van der Waals surface area contributed by atoms with Gasteiger partial charge >= 0.3 is 5.97 Å². The standard InChI is InChI=1S/C13H16N2O4/c1-19-8-4-5-10(14)9(7-8)12(16)15-6-2-3-11(15)13(17)18/h4-5,7,11H,2-3,6,14H2,1H3,(H,17,18)/t11-/m1/s1. The molecule has 1 aromatic rings. The summed E-state index contributed by atoms with van der Waals surface area (Å²) >= 11 is 0. The Morgan fingerprint density at radius 2 is 2.21 bits per heavy atom. The average Bonchev–Trinajstić information content (AvgIpc) is 2.88. The molecule has 0 saturated carbocycles. The molecule has 1 fully saturated rings. The highest BCUT2D eigenvalue weighted by Crippen LogP contribution is 2.25. The van der Waals surface area contributed by atoms with E-state index >= 15 is 0 Å². The van der Waals surface area contributed by atoms with Gasteiger partial charge in [-0.05, 0) is 31.0 Å². The highest BCUT2D eigenvalue weighted by molar-refractivity contribution is 6.01. The lowest BCUT2D eigenvalue weighted by Crippen LogP contribution is -2.40. The largest absolute Gasteiger partial charge is 0.497 e. The third-order valence-corrected chi connectivity index (χ3v) is 3.29. The molecule has 6 nitrogen and oxygen atoms in total. The molecular formula is C13H16N2O4. The number of hydrogen-bond donors (Lipinski definition) is 2. The van der Waals surface area contributed by atoms with Crippen LogP contribution in [0.2, 0.25) is 0 Å². The summed E-state index contributed by atoms with van der Waals surface area (Å²) in [6, 6.07) is 4.01. The van der Waals surface area contributed by atoms with Crippen molar-refractivity contribution in [3.63, 3.8) is 0 Å². The number of hydrogen-bond acceptors (Lipinski definition) is 4. The number of methoxy groups -OCH3 is 1. The maximum absolute atomic E-state index is 12.4. The molecule has 1 atom stereocenters. The van der Waals surface area contributed by atoms with Gasteiger partial charge in [-0.3, -0.25) is 4.79 Å². The fraction of sp³-hybridized carbons (Fsp3) is 0.385. The van der Waals surface area contributed by atoms with Crippen LogP contribution in [0.25, 0.3) is 0 Å². The number of aliphatic carboxylic acids is 1. The van der Waals surface area contributed by atoms with Crippen molar-refractivity contribution in [2.75, 3.05) is 19.4 Å². The zero-order valence-corrected chi connectivity index (χ0v) is 10.6. The van der Waals surface area contributed by atoms with Gasteiger partial charge in [-0.1, -0.05) is 0 Å². The summed E-state index contributed by atoms with van der Waals surface area (Å²) < 4.78 is 5.05. The first-order valence-electron chi connectivity index (χ1n) is 6.02. The third kappa shape index (κ3) is 2.47. The predicted octanol–water partition coefficient (Wildman–Crippen LogP) is 0.967. The Bertz CT molecular complexity index is 515. The van der Waals surface area contributed by atoms with Crippen molar-refractivity contribution in [2.45, 2.75) is 18.9 Å². The summed E-state index contributed by atoms with van der Waals surface area (Å²) in [6.07, 6.45) is 1.16. The predicted molar refractivity (Wildman–Crippen MR) is 69.1 cm³/mol. The fourth-order valence-electron chi connectivity index (χ4n) is 2.27. The summed E-state index contributed by atoms with van der Waals surface area (Å²) in [5, 5.41) is 9.10. The molecule has 1 heterocycles. The summed E-state index contributed by atoms with van der Waals surface area (Å²) in [5.74, 6) is -0.822. The number of carboxylic acids is 1. The Morgan fingerprint density at radius 3 is 2.84 bits per heavy atom. The van der Waals surface area contributed by atoms with Gasteiger partial charge in [-0.25, -0.2) is 4.79 Å². The van der Waals surface area contributed by atoms with E-state index in [4.69, 9.17) is 15.6 Å². The van der Waals surface area contributed by atoms with Crippen molar-refractivity contribution in [1.29, 1.82) is 0 Å². The van der Waals surface area contributed by atoms with Gasteiger partial charge in [0.1, 0.15) is 11.8 Å². The smallest absolute Gasteiger partial charge is 0.326 e. The number of rotatable bonds is 3. The Balaban J connectivity index is 2.31. The molecule has 0 unspecified atom stereocenters. The van der Waals surface area contributed by atoms with Gasteiger partial charge in [-0.2, -0.15) is 0 Å². The first kappa shape index (κ1) is 13.2. The average molecular weight is 264 g/mol. The van der Waals surface area contributed by atoms with E-state index in [9.17, 15) is 9.59 Å². The minimum atomic E-state index is -0.979. The van der Waals surface area contributed by atoms with Crippen molar-refractivity contribution < 1.29 is 19.4 Å². The van der Waals surface area contributed by atoms with Gasteiger partial charge < -0.3 is 20.5 Å². The topological polar surface area (TPSA) is 92.9 Å². The Morgan fingerprint density at radius 1 is 1.47 bits per heavy atom. The molecule has 6 heteroatoms. The molecule has 1 aliphatic rings. The summed E-state index contributed by atoms with van der Waals surface area (Å²) in [7, 11) is 1.50. The van der Waals surface area contributed by atoms with E-state index in [2.05, 4.69) is 0 Å². The van der Waals surface area contributed by atoms with E-state index in [1.165, 1.54) is 18.1 Å². The quantitative estimate of drug-likeness (QED) is 0.793. The van der Waals surface area contributed by atoms with Crippen LogP contribution in [-0.4, -0.2) is 41.6 Å². The molecule has 1 aromatic carbocycles. The zero-order chi connectivity index (χ0) is 14.0. The molecule has 0 radical (unpaired) electrons. The lowest BCUT2D eigenvalue weighted by molar-refractivity contribution is -0.141. The molecule has 1 aliphatic heterocycles. The van der Waals surface area contributed by atoms with Crippen molar-refractivity contribution in [3.8, 4) is 5.75 Å². The summed E-state index contributed by atoms with van der Waals surface area (Å²) in [4.78, 5) is 24.8. The van der Waals surface area contributed by atoms with Crippen LogP contribution in [0.3, 0.4) is 0 Å². The van der Waals surface area contributed by atoms with E-state index < -0.39 is 12.0 Å². The highest BCUT2D eigenvalue weighted by atomic mass is 16.5. The number of ether oxygens (including phenoxy) is 1. The van der Waals surface area contributed by atoms with E-state index in [-0.39, 0.29) is 11.5 Å². The fourth-order valence-corrected chi connectivity index (χ4v) is 2.27. The van der Waals surface area contributed by atoms with Crippen molar-refractivity contribution >= 4 is 17.6 Å². The maximum atomic E-state index is 12.4. The highest BCUT2D eigenvalue weighted by Gasteiger charge is 2.35. The Kier molecular flexibility index (Phi) is 3.59. The molecule has 1 amide bonds. The second-order valence-electron chi connectivity index (χ2n) is 4.45. The van der Waals surface area contributed by atoms with Crippen molar-refractivity contribution in [2.24, 2.45) is 0 Å². The van der Waals surface area contributed by atoms with Crippen LogP contribution < -0.4 is 10.5 Å². The van der Waals surface area contributed by atoms with E-state index in [1.54, 1.807) is 12.1 Å². The van der Waals surface area contributed by atoms with Crippen molar-refractivity contribution in [1.82, 2.24) is 4.90 Å². The second kappa shape index (κ2) is 5.17.